The molecular formula is C29H28N2O2S. The zero-order valence-electron chi connectivity index (χ0n) is 19.6. The molecule has 4 rings (SSSR count). The predicted octanol–water partition coefficient (Wildman–Crippen LogP) is 8.20. The number of thiazole rings is 1. The molecule has 0 atom stereocenters. The molecule has 0 bridgehead atoms. The maximum atomic E-state index is 12.6. The lowest BCUT2D eigenvalue weighted by atomic mass is 9.84. The first-order chi connectivity index (χ1) is 16.2. The monoisotopic (exact) mass is 468 g/mol. The number of carbonyl (C=O) groups excluding carboxylic acids is 1. The minimum atomic E-state index is -0.642. The molecule has 1 aromatic heterocycles. The molecule has 0 saturated heterocycles. The smallest absolute Gasteiger partial charge is 0.187 e. The third-order valence-electron chi connectivity index (χ3n) is 5.88. The summed E-state index contributed by atoms with van der Waals surface area (Å²) in [5.74, 6) is 0.0106. The number of allylic oxidation sites excluding steroid dienone is 1. The standard InChI is InChI=1S/C29H28N2O2S/c1-19-6-5-7-25(16-19)30-28-31-26(18-34-28)23-12-8-21(9-13-23)22-10-14-24(15-11-22)27(33)17-29(3,4)20(2)32/h5-16,18,32H,2,17H2,1,3-4H3,(H,30,31). The Morgan fingerprint density at radius 1 is 1.00 bits per heavy atom. The lowest BCUT2D eigenvalue weighted by Gasteiger charge is -2.22. The number of carbonyl (C=O) groups is 1. The third kappa shape index (κ3) is 5.43. The van der Waals surface area contributed by atoms with Gasteiger partial charge in [0.25, 0.3) is 0 Å². The molecule has 0 aliphatic heterocycles. The Morgan fingerprint density at radius 3 is 2.24 bits per heavy atom. The molecule has 4 nitrogen and oxygen atoms in total. The van der Waals surface area contributed by atoms with Crippen molar-refractivity contribution in [3.05, 3.63) is 102 Å². The maximum Gasteiger partial charge on any atom is 0.187 e. The Kier molecular flexibility index (Phi) is 6.66. The Bertz CT molecular complexity index is 1320. The molecule has 34 heavy (non-hydrogen) atoms. The van der Waals surface area contributed by atoms with Gasteiger partial charge in [-0.05, 0) is 35.7 Å². The molecule has 0 amide bonds. The number of aryl methyl sites for hydroxylation is 1. The van der Waals surface area contributed by atoms with Crippen molar-refractivity contribution in [3.8, 4) is 22.4 Å². The van der Waals surface area contributed by atoms with Gasteiger partial charge >= 0.3 is 0 Å². The van der Waals surface area contributed by atoms with Crippen LogP contribution >= 0.6 is 11.3 Å². The fourth-order valence-corrected chi connectivity index (χ4v) is 4.34. The number of aliphatic hydroxyl groups excluding tert-OH is 1. The average molecular weight is 469 g/mol. The van der Waals surface area contributed by atoms with Gasteiger partial charge in [-0.15, -0.1) is 11.3 Å². The van der Waals surface area contributed by atoms with Gasteiger partial charge in [-0.3, -0.25) is 4.79 Å². The number of hydrogen-bond acceptors (Lipinski definition) is 5. The molecule has 0 aliphatic rings. The molecule has 0 spiro atoms. The van der Waals surface area contributed by atoms with E-state index in [9.17, 15) is 9.90 Å². The first-order valence-corrected chi connectivity index (χ1v) is 12.0. The van der Waals surface area contributed by atoms with Crippen LogP contribution in [0.4, 0.5) is 10.8 Å². The van der Waals surface area contributed by atoms with E-state index in [0.717, 1.165) is 33.2 Å². The van der Waals surface area contributed by atoms with Crippen molar-refractivity contribution in [2.24, 2.45) is 5.41 Å². The van der Waals surface area contributed by atoms with E-state index in [1.54, 1.807) is 11.3 Å². The van der Waals surface area contributed by atoms with Crippen LogP contribution in [0.15, 0.2) is 90.5 Å². The van der Waals surface area contributed by atoms with Gasteiger partial charge < -0.3 is 10.4 Å². The molecule has 5 heteroatoms. The van der Waals surface area contributed by atoms with Crippen LogP contribution < -0.4 is 5.32 Å². The minimum absolute atomic E-state index is 0.0132. The van der Waals surface area contributed by atoms with Crippen molar-refractivity contribution >= 4 is 27.9 Å². The van der Waals surface area contributed by atoms with Crippen LogP contribution in [0.5, 0.6) is 0 Å². The van der Waals surface area contributed by atoms with E-state index in [0.29, 0.717) is 5.56 Å². The molecular weight excluding hydrogens is 440 g/mol. The van der Waals surface area contributed by atoms with Crippen LogP contribution in [0, 0.1) is 12.3 Å². The van der Waals surface area contributed by atoms with Crippen LogP contribution in [-0.4, -0.2) is 15.9 Å². The summed E-state index contributed by atoms with van der Waals surface area (Å²) in [6.07, 6.45) is 0.213. The van der Waals surface area contributed by atoms with Crippen molar-refractivity contribution in [1.29, 1.82) is 0 Å². The fourth-order valence-electron chi connectivity index (χ4n) is 3.60. The van der Waals surface area contributed by atoms with Crippen molar-refractivity contribution in [2.75, 3.05) is 5.32 Å². The predicted molar refractivity (Wildman–Crippen MR) is 142 cm³/mol. The van der Waals surface area contributed by atoms with Gasteiger partial charge in [0.2, 0.25) is 0 Å². The first-order valence-electron chi connectivity index (χ1n) is 11.1. The van der Waals surface area contributed by atoms with E-state index in [4.69, 9.17) is 4.98 Å². The number of aromatic nitrogens is 1. The Balaban J connectivity index is 1.44. The summed E-state index contributed by atoms with van der Waals surface area (Å²) >= 11 is 1.58. The van der Waals surface area contributed by atoms with Gasteiger partial charge in [0.1, 0.15) is 0 Å². The number of Topliss-reactive ketones (excluding diaryl/α,β-unsaturated/α-hetero) is 1. The van der Waals surface area contributed by atoms with Crippen LogP contribution in [0.1, 0.15) is 36.2 Å². The SMILES string of the molecule is C=C(O)C(C)(C)CC(=O)c1ccc(-c2ccc(-c3csc(Nc4cccc(C)c4)n3)cc2)cc1. The van der Waals surface area contributed by atoms with E-state index in [1.807, 2.05) is 50.2 Å². The zero-order valence-corrected chi connectivity index (χ0v) is 20.4. The van der Waals surface area contributed by atoms with Crippen LogP contribution in [0.25, 0.3) is 22.4 Å². The van der Waals surface area contributed by atoms with Crippen molar-refractivity contribution in [3.63, 3.8) is 0 Å². The maximum absolute atomic E-state index is 12.6. The summed E-state index contributed by atoms with van der Waals surface area (Å²) in [5, 5.41) is 16.0. The number of hydrogen-bond donors (Lipinski definition) is 2. The quantitative estimate of drug-likeness (QED) is 0.202. The summed E-state index contributed by atoms with van der Waals surface area (Å²) in [6.45, 7) is 9.27. The number of aliphatic hydroxyl groups is 1. The van der Waals surface area contributed by atoms with Crippen molar-refractivity contribution in [1.82, 2.24) is 4.98 Å². The van der Waals surface area contributed by atoms with Gasteiger partial charge in [-0.25, -0.2) is 4.98 Å². The number of nitrogens with one attached hydrogen (secondary N) is 1. The highest BCUT2D eigenvalue weighted by Gasteiger charge is 2.25. The van der Waals surface area contributed by atoms with Crippen LogP contribution in [0.2, 0.25) is 0 Å². The van der Waals surface area contributed by atoms with Gasteiger partial charge in [0.05, 0.1) is 11.5 Å². The highest BCUT2D eigenvalue weighted by atomic mass is 32.1. The molecule has 1 heterocycles. The summed E-state index contributed by atoms with van der Waals surface area (Å²) in [4.78, 5) is 17.3. The zero-order chi connectivity index (χ0) is 24.3. The minimum Gasteiger partial charge on any atom is -0.512 e. The Hall–Kier alpha value is -3.70. The van der Waals surface area contributed by atoms with E-state index in [2.05, 4.69) is 60.6 Å². The molecule has 0 unspecified atom stereocenters. The lowest BCUT2D eigenvalue weighted by molar-refractivity contribution is 0.0924. The van der Waals surface area contributed by atoms with Crippen molar-refractivity contribution < 1.29 is 9.90 Å². The van der Waals surface area contributed by atoms with Crippen LogP contribution in [0.3, 0.4) is 0 Å². The Morgan fingerprint density at radius 2 is 1.62 bits per heavy atom. The van der Waals surface area contributed by atoms with Crippen LogP contribution in [-0.2, 0) is 0 Å². The fraction of sp³-hybridized carbons (Fsp3) is 0.172. The Labute approximate surface area is 204 Å². The largest absolute Gasteiger partial charge is 0.512 e. The average Bonchev–Trinajstić information content (AvgIpc) is 3.27. The van der Waals surface area contributed by atoms with E-state index >= 15 is 0 Å². The molecule has 3 aromatic carbocycles. The van der Waals surface area contributed by atoms with E-state index < -0.39 is 5.41 Å². The molecule has 0 saturated carbocycles. The first kappa shape index (κ1) is 23.5. The number of nitrogens with zero attached hydrogens (tertiary/aromatic N) is 1. The number of benzene rings is 3. The van der Waals surface area contributed by atoms with Crippen molar-refractivity contribution in [2.45, 2.75) is 27.2 Å². The van der Waals surface area contributed by atoms with Gasteiger partial charge in [-0.1, -0.05) is 81.1 Å². The number of anilines is 2. The second kappa shape index (κ2) is 9.65. The van der Waals surface area contributed by atoms with Gasteiger partial charge in [0.15, 0.2) is 10.9 Å². The highest BCUT2D eigenvalue weighted by Crippen LogP contribution is 2.31. The second-order valence-electron chi connectivity index (χ2n) is 9.12. The summed E-state index contributed by atoms with van der Waals surface area (Å²) in [6, 6.07) is 24.1. The summed E-state index contributed by atoms with van der Waals surface area (Å²) < 4.78 is 0. The van der Waals surface area contributed by atoms with E-state index in [1.165, 1.54) is 5.56 Å². The molecule has 4 aromatic rings. The molecule has 0 radical (unpaired) electrons. The highest BCUT2D eigenvalue weighted by molar-refractivity contribution is 7.14. The second-order valence-corrected chi connectivity index (χ2v) is 9.98. The molecule has 0 aliphatic carbocycles. The summed E-state index contributed by atoms with van der Waals surface area (Å²) in [5.41, 5.74) is 6.31. The topological polar surface area (TPSA) is 62.2 Å². The normalized spacial score (nSPS) is 11.3. The third-order valence-corrected chi connectivity index (χ3v) is 6.64. The summed E-state index contributed by atoms with van der Waals surface area (Å²) in [7, 11) is 0. The lowest BCUT2D eigenvalue weighted by Crippen LogP contribution is -2.19. The molecule has 2 N–H and O–H groups in total. The van der Waals surface area contributed by atoms with E-state index in [-0.39, 0.29) is 18.0 Å². The number of rotatable bonds is 8. The van der Waals surface area contributed by atoms with Gasteiger partial charge in [-0.2, -0.15) is 0 Å². The molecule has 0 fully saturated rings. The number of ketones is 1. The molecule has 172 valence electrons. The van der Waals surface area contributed by atoms with Gasteiger partial charge in [0, 0.05) is 34.0 Å².